The van der Waals surface area contributed by atoms with Gasteiger partial charge in [-0.15, -0.1) is 0 Å². The molecular formula is C21H21ClO6. The van der Waals surface area contributed by atoms with Crippen molar-refractivity contribution in [1.29, 1.82) is 0 Å². The normalized spacial score (nSPS) is 10.9. The Labute approximate surface area is 168 Å². The molecule has 0 aromatic heterocycles. The maximum Gasteiger partial charge on any atom is 0.350 e. The van der Waals surface area contributed by atoms with Crippen molar-refractivity contribution >= 4 is 29.3 Å². The Balaban J connectivity index is 1.96. The highest BCUT2D eigenvalue weighted by atomic mass is 35.5. The number of carbonyl (C=O) groups is 3. The molecule has 0 atom stereocenters. The zero-order valence-electron chi connectivity index (χ0n) is 15.9. The third kappa shape index (κ3) is 6.09. The first-order valence-corrected chi connectivity index (χ1v) is 8.97. The van der Waals surface area contributed by atoms with Crippen molar-refractivity contribution in [3.8, 4) is 5.75 Å². The second-order valence-corrected chi connectivity index (χ2v) is 6.89. The summed E-state index contributed by atoms with van der Waals surface area (Å²) in [6.07, 6.45) is 0. The van der Waals surface area contributed by atoms with Gasteiger partial charge in [0.2, 0.25) is 0 Å². The van der Waals surface area contributed by atoms with E-state index in [1.165, 1.54) is 6.92 Å². The Bertz CT molecular complexity index is 840. The first-order valence-electron chi connectivity index (χ1n) is 8.59. The number of esters is 2. The van der Waals surface area contributed by atoms with Gasteiger partial charge in [-0.2, -0.15) is 0 Å². The SMILES string of the molecule is CC(=O)OCCOC(=O)C(C)(C)Oc1ccc(C(=O)c2ccc(Cl)cc2)cc1. The van der Waals surface area contributed by atoms with Gasteiger partial charge in [0.1, 0.15) is 19.0 Å². The maximum absolute atomic E-state index is 12.5. The summed E-state index contributed by atoms with van der Waals surface area (Å²) in [5, 5.41) is 0.558. The average Bonchev–Trinajstić information content (AvgIpc) is 2.65. The molecule has 0 saturated carbocycles. The van der Waals surface area contributed by atoms with Gasteiger partial charge in [-0.1, -0.05) is 11.6 Å². The lowest BCUT2D eigenvalue weighted by Gasteiger charge is -2.24. The lowest BCUT2D eigenvalue weighted by molar-refractivity contribution is -0.162. The van der Waals surface area contributed by atoms with Crippen LogP contribution in [0.25, 0.3) is 0 Å². The van der Waals surface area contributed by atoms with E-state index < -0.39 is 17.5 Å². The Morgan fingerprint density at radius 1 is 0.857 bits per heavy atom. The third-order valence-corrected chi connectivity index (χ3v) is 3.96. The lowest BCUT2D eigenvalue weighted by Crippen LogP contribution is -2.40. The van der Waals surface area contributed by atoms with Crippen LogP contribution in [0.4, 0.5) is 0 Å². The molecule has 2 rings (SSSR count). The quantitative estimate of drug-likeness (QED) is 0.378. The van der Waals surface area contributed by atoms with E-state index in [1.807, 2.05) is 0 Å². The topological polar surface area (TPSA) is 78.9 Å². The number of halogens is 1. The van der Waals surface area contributed by atoms with Crippen LogP contribution in [0, 0.1) is 0 Å². The van der Waals surface area contributed by atoms with Crippen molar-refractivity contribution in [2.45, 2.75) is 26.4 Å². The van der Waals surface area contributed by atoms with Gasteiger partial charge < -0.3 is 14.2 Å². The molecular weight excluding hydrogens is 384 g/mol. The van der Waals surface area contributed by atoms with Crippen LogP contribution in [-0.4, -0.2) is 36.5 Å². The summed E-state index contributed by atoms with van der Waals surface area (Å²) in [6, 6.07) is 13.1. The highest BCUT2D eigenvalue weighted by Crippen LogP contribution is 2.22. The fourth-order valence-electron chi connectivity index (χ4n) is 2.27. The monoisotopic (exact) mass is 404 g/mol. The average molecular weight is 405 g/mol. The molecule has 0 saturated heterocycles. The molecule has 0 amide bonds. The Morgan fingerprint density at radius 2 is 1.36 bits per heavy atom. The molecule has 2 aromatic carbocycles. The molecule has 0 fully saturated rings. The minimum Gasteiger partial charge on any atom is -0.476 e. The van der Waals surface area contributed by atoms with E-state index in [4.69, 9.17) is 25.8 Å². The molecule has 148 valence electrons. The van der Waals surface area contributed by atoms with Gasteiger partial charge in [-0.3, -0.25) is 9.59 Å². The van der Waals surface area contributed by atoms with Gasteiger partial charge in [0, 0.05) is 23.1 Å². The van der Waals surface area contributed by atoms with Gasteiger partial charge in [0.15, 0.2) is 11.4 Å². The molecule has 0 aliphatic heterocycles. The van der Waals surface area contributed by atoms with E-state index in [2.05, 4.69) is 0 Å². The van der Waals surface area contributed by atoms with Gasteiger partial charge >= 0.3 is 11.9 Å². The molecule has 0 aliphatic carbocycles. The fraction of sp³-hybridized carbons (Fsp3) is 0.286. The zero-order valence-corrected chi connectivity index (χ0v) is 16.6. The van der Waals surface area contributed by atoms with Crippen LogP contribution in [-0.2, 0) is 19.1 Å². The van der Waals surface area contributed by atoms with Gasteiger partial charge in [-0.05, 0) is 62.4 Å². The number of rotatable bonds is 8. The zero-order chi connectivity index (χ0) is 20.7. The smallest absolute Gasteiger partial charge is 0.350 e. The van der Waals surface area contributed by atoms with E-state index in [0.29, 0.717) is 21.9 Å². The minimum atomic E-state index is -1.25. The van der Waals surface area contributed by atoms with Crippen LogP contribution in [0.15, 0.2) is 48.5 Å². The molecule has 0 bridgehead atoms. The largest absolute Gasteiger partial charge is 0.476 e. The third-order valence-electron chi connectivity index (χ3n) is 3.71. The van der Waals surface area contributed by atoms with Crippen molar-refractivity contribution in [1.82, 2.24) is 0 Å². The lowest BCUT2D eigenvalue weighted by atomic mass is 10.0. The minimum absolute atomic E-state index is 0.0152. The number of ether oxygens (including phenoxy) is 3. The summed E-state index contributed by atoms with van der Waals surface area (Å²) < 4.78 is 15.4. The number of hydrogen-bond donors (Lipinski definition) is 0. The Kier molecular flexibility index (Phi) is 7.18. The molecule has 6 nitrogen and oxygen atoms in total. The van der Waals surface area contributed by atoms with Crippen molar-refractivity contribution < 1.29 is 28.6 Å². The second-order valence-electron chi connectivity index (χ2n) is 6.45. The molecule has 0 unspecified atom stereocenters. The Hall–Kier alpha value is -2.86. The first kappa shape index (κ1) is 21.4. The summed E-state index contributed by atoms with van der Waals surface area (Å²) >= 11 is 5.84. The predicted molar refractivity (Wildman–Crippen MR) is 104 cm³/mol. The van der Waals surface area contributed by atoms with Gasteiger partial charge in [0.05, 0.1) is 0 Å². The Morgan fingerprint density at radius 3 is 1.89 bits per heavy atom. The summed E-state index contributed by atoms with van der Waals surface area (Å²) in [6.45, 7) is 4.33. The van der Waals surface area contributed by atoms with Crippen molar-refractivity contribution in [2.24, 2.45) is 0 Å². The standard InChI is InChI=1S/C21H21ClO6/c1-14(23)26-12-13-27-20(25)21(2,3)28-18-10-6-16(7-11-18)19(24)15-4-8-17(22)9-5-15/h4-11H,12-13H2,1-3H3. The van der Waals surface area contributed by atoms with Crippen LogP contribution in [0.3, 0.4) is 0 Å². The van der Waals surface area contributed by atoms with E-state index in [0.717, 1.165) is 0 Å². The van der Waals surface area contributed by atoms with Gasteiger partial charge in [-0.25, -0.2) is 4.79 Å². The predicted octanol–water partition coefficient (Wildman–Crippen LogP) is 3.83. The highest BCUT2D eigenvalue weighted by Gasteiger charge is 2.32. The van der Waals surface area contributed by atoms with Crippen molar-refractivity contribution in [2.75, 3.05) is 13.2 Å². The van der Waals surface area contributed by atoms with E-state index in [9.17, 15) is 14.4 Å². The van der Waals surface area contributed by atoms with Crippen LogP contribution < -0.4 is 4.74 Å². The van der Waals surface area contributed by atoms with E-state index >= 15 is 0 Å². The van der Waals surface area contributed by atoms with Crippen molar-refractivity contribution in [3.63, 3.8) is 0 Å². The number of hydrogen-bond acceptors (Lipinski definition) is 6. The summed E-state index contributed by atoms with van der Waals surface area (Å²) in [7, 11) is 0. The number of benzene rings is 2. The summed E-state index contributed by atoms with van der Waals surface area (Å²) in [4.78, 5) is 35.3. The van der Waals surface area contributed by atoms with Crippen molar-refractivity contribution in [3.05, 3.63) is 64.7 Å². The second kappa shape index (κ2) is 9.37. The number of ketones is 1. The molecule has 0 radical (unpaired) electrons. The highest BCUT2D eigenvalue weighted by molar-refractivity contribution is 6.30. The first-order chi connectivity index (χ1) is 13.2. The van der Waals surface area contributed by atoms with E-state index in [-0.39, 0.29) is 19.0 Å². The molecule has 0 heterocycles. The molecule has 28 heavy (non-hydrogen) atoms. The van der Waals surface area contributed by atoms with Crippen LogP contribution >= 0.6 is 11.6 Å². The fourth-order valence-corrected chi connectivity index (χ4v) is 2.40. The summed E-state index contributed by atoms with van der Waals surface area (Å²) in [5.74, 6) is -0.775. The van der Waals surface area contributed by atoms with Crippen LogP contribution in [0.2, 0.25) is 5.02 Å². The van der Waals surface area contributed by atoms with Gasteiger partial charge in [0.25, 0.3) is 0 Å². The molecule has 0 aliphatic rings. The molecule has 0 N–H and O–H groups in total. The molecule has 2 aromatic rings. The van der Waals surface area contributed by atoms with Crippen LogP contribution in [0.1, 0.15) is 36.7 Å². The summed E-state index contributed by atoms with van der Waals surface area (Å²) in [5.41, 5.74) is -0.246. The number of carbonyl (C=O) groups excluding carboxylic acids is 3. The van der Waals surface area contributed by atoms with E-state index in [1.54, 1.807) is 62.4 Å². The maximum atomic E-state index is 12.5. The van der Waals surface area contributed by atoms with Crippen LogP contribution in [0.5, 0.6) is 5.75 Å². The molecule has 7 heteroatoms. The molecule has 0 spiro atoms.